The van der Waals surface area contributed by atoms with Gasteiger partial charge in [0.25, 0.3) is 0 Å². The SMILES string of the molecule is Cc1cc(SCC(=O)Nc2ccc(OC(F)F)cc2)nc(-c2ccccc2)n1. The first-order valence-corrected chi connectivity index (χ1v) is 9.37. The maximum Gasteiger partial charge on any atom is 0.387 e. The Labute approximate surface area is 165 Å². The van der Waals surface area contributed by atoms with Crippen molar-refractivity contribution in [1.82, 2.24) is 9.97 Å². The van der Waals surface area contributed by atoms with Gasteiger partial charge in [0.05, 0.1) is 5.75 Å². The average molecular weight is 401 g/mol. The van der Waals surface area contributed by atoms with Crippen LogP contribution in [0.25, 0.3) is 11.4 Å². The number of thioether (sulfide) groups is 1. The van der Waals surface area contributed by atoms with Crippen LogP contribution in [0.1, 0.15) is 5.69 Å². The Bertz CT molecular complexity index is 938. The van der Waals surface area contributed by atoms with E-state index >= 15 is 0 Å². The van der Waals surface area contributed by atoms with Crippen LogP contribution >= 0.6 is 11.8 Å². The summed E-state index contributed by atoms with van der Waals surface area (Å²) in [6.07, 6.45) is 0. The van der Waals surface area contributed by atoms with Crippen LogP contribution in [0.5, 0.6) is 5.75 Å². The third-order valence-corrected chi connectivity index (χ3v) is 4.49. The standard InChI is InChI=1S/C20H17F2N3O2S/c1-13-11-18(25-19(23-13)14-5-3-2-4-6-14)28-12-17(26)24-15-7-9-16(10-8-15)27-20(21)22/h2-11,20H,12H2,1H3,(H,24,26). The lowest BCUT2D eigenvalue weighted by atomic mass is 10.2. The molecule has 5 nitrogen and oxygen atoms in total. The fourth-order valence-corrected chi connectivity index (χ4v) is 3.14. The lowest BCUT2D eigenvalue weighted by Crippen LogP contribution is -2.14. The van der Waals surface area contributed by atoms with Gasteiger partial charge in [0.15, 0.2) is 5.82 Å². The number of halogens is 2. The second-order valence-corrected chi connectivity index (χ2v) is 6.77. The van der Waals surface area contributed by atoms with E-state index in [0.29, 0.717) is 16.5 Å². The minimum Gasteiger partial charge on any atom is -0.435 e. The van der Waals surface area contributed by atoms with Crippen molar-refractivity contribution in [3.63, 3.8) is 0 Å². The minimum atomic E-state index is -2.88. The van der Waals surface area contributed by atoms with E-state index < -0.39 is 6.61 Å². The molecule has 0 radical (unpaired) electrons. The number of aryl methyl sites for hydroxylation is 1. The van der Waals surface area contributed by atoms with Crippen molar-refractivity contribution in [2.45, 2.75) is 18.6 Å². The van der Waals surface area contributed by atoms with E-state index in [1.165, 1.54) is 36.0 Å². The first-order chi connectivity index (χ1) is 13.5. The minimum absolute atomic E-state index is 0.0345. The molecule has 1 amide bonds. The number of carbonyl (C=O) groups is 1. The molecule has 1 aromatic heterocycles. The Morgan fingerprint density at radius 1 is 1.11 bits per heavy atom. The quantitative estimate of drug-likeness (QED) is 0.456. The smallest absolute Gasteiger partial charge is 0.387 e. The molecule has 1 heterocycles. The van der Waals surface area contributed by atoms with Gasteiger partial charge >= 0.3 is 6.61 Å². The molecule has 0 saturated heterocycles. The highest BCUT2D eigenvalue weighted by atomic mass is 32.2. The van der Waals surface area contributed by atoms with Gasteiger partial charge in [-0.25, -0.2) is 9.97 Å². The predicted molar refractivity (Wildman–Crippen MR) is 105 cm³/mol. The summed E-state index contributed by atoms with van der Waals surface area (Å²) in [7, 11) is 0. The molecule has 144 valence electrons. The molecule has 28 heavy (non-hydrogen) atoms. The van der Waals surface area contributed by atoms with Crippen LogP contribution < -0.4 is 10.1 Å². The summed E-state index contributed by atoms with van der Waals surface area (Å²) >= 11 is 1.30. The number of carbonyl (C=O) groups excluding carboxylic acids is 1. The number of alkyl halides is 2. The van der Waals surface area contributed by atoms with Crippen molar-refractivity contribution in [1.29, 1.82) is 0 Å². The summed E-state index contributed by atoms with van der Waals surface area (Å²) in [6, 6.07) is 17.2. The maximum atomic E-state index is 12.2. The zero-order valence-corrected chi connectivity index (χ0v) is 15.7. The first kappa shape index (κ1) is 19.8. The van der Waals surface area contributed by atoms with E-state index in [1.54, 1.807) is 0 Å². The third-order valence-electron chi connectivity index (χ3n) is 3.58. The van der Waals surface area contributed by atoms with E-state index in [9.17, 15) is 13.6 Å². The molecule has 2 aromatic carbocycles. The fraction of sp³-hybridized carbons (Fsp3) is 0.150. The van der Waals surface area contributed by atoms with E-state index in [4.69, 9.17) is 0 Å². The topological polar surface area (TPSA) is 64.1 Å². The fourth-order valence-electron chi connectivity index (χ4n) is 2.39. The zero-order valence-electron chi connectivity index (χ0n) is 14.9. The molecule has 1 N–H and O–H groups in total. The summed E-state index contributed by atoms with van der Waals surface area (Å²) in [4.78, 5) is 21.1. The average Bonchev–Trinajstić information content (AvgIpc) is 2.68. The van der Waals surface area contributed by atoms with Gasteiger partial charge in [-0.15, -0.1) is 0 Å². The van der Waals surface area contributed by atoms with Crippen molar-refractivity contribution in [3.8, 4) is 17.1 Å². The van der Waals surface area contributed by atoms with Gasteiger partial charge in [0.1, 0.15) is 10.8 Å². The van der Waals surface area contributed by atoms with E-state index in [2.05, 4.69) is 20.0 Å². The summed E-state index contributed by atoms with van der Waals surface area (Å²) in [5.74, 6) is 0.565. The Morgan fingerprint density at radius 2 is 1.82 bits per heavy atom. The molecule has 3 rings (SSSR count). The molecule has 0 atom stereocenters. The molecule has 0 unspecified atom stereocenters. The molecule has 0 saturated carbocycles. The molecule has 0 bridgehead atoms. The largest absolute Gasteiger partial charge is 0.435 e. The van der Waals surface area contributed by atoms with Crippen LogP contribution in [0.4, 0.5) is 14.5 Å². The van der Waals surface area contributed by atoms with E-state index in [-0.39, 0.29) is 17.4 Å². The summed E-state index contributed by atoms with van der Waals surface area (Å²) in [5.41, 5.74) is 2.21. The number of hydrogen-bond acceptors (Lipinski definition) is 5. The lowest BCUT2D eigenvalue weighted by Gasteiger charge is -2.08. The van der Waals surface area contributed by atoms with Crippen LogP contribution in [-0.4, -0.2) is 28.2 Å². The van der Waals surface area contributed by atoms with Gasteiger partial charge in [-0.2, -0.15) is 8.78 Å². The highest BCUT2D eigenvalue weighted by molar-refractivity contribution is 7.99. The molecule has 0 aliphatic heterocycles. The second kappa shape index (κ2) is 9.27. The first-order valence-electron chi connectivity index (χ1n) is 8.38. The molecule has 3 aromatic rings. The Balaban J connectivity index is 1.59. The highest BCUT2D eigenvalue weighted by Gasteiger charge is 2.09. The number of ether oxygens (including phenoxy) is 1. The lowest BCUT2D eigenvalue weighted by molar-refractivity contribution is -0.113. The van der Waals surface area contributed by atoms with E-state index in [1.807, 2.05) is 43.3 Å². The van der Waals surface area contributed by atoms with E-state index in [0.717, 1.165) is 11.3 Å². The highest BCUT2D eigenvalue weighted by Crippen LogP contribution is 2.22. The molecule has 0 spiro atoms. The molecule has 0 aliphatic rings. The predicted octanol–water partition coefficient (Wildman–Crippen LogP) is 4.78. The number of hydrogen-bond donors (Lipinski definition) is 1. The van der Waals surface area contributed by atoms with Gasteiger partial charge in [-0.05, 0) is 37.3 Å². The Kier molecular flexibility index (Phi) is 6.54. The van der Waals surface area contributed by atoms with Crippen LogP contribution in [0.3, 0.4) is 0 Å². The Hall–Kier alpha value is -3.00. The van der Waals surface area contributed by atoms with Gasteiger partial charge in [-0.1, -0.05) is 42.1 Å². The number of aromatic nitrogens is 2. The number of anilines is 1. The number of amides is 1. The normalized spacial score (nSPS) is 10.7. The third kappa shape index (κ3) is 5.75. The summed E-state index contributed by atoms with van der Waals surface area (Å²) in [6.45, 7) is -1.00. The van der Waals surface area contributed by atoms with Gasteiger partial charge < -0.3 is 10.1 Å². The molecule has 8 heteroatoms. The number of nitrogens with one attached hydrogen (secondary N) is 1. The molecule has 0 aliphatic carbocycles. The number of benzene rings is 2. The monoisotopic (exact) mass is 401 g/mol. The summed E-state index contributed by atoms with van der Waals surface area (Å²) in [5, 5.41) is 3.40. The molecule has 0 fully saturated rings. The van der Waals surface area contributed by atoms with Gasteiger partial charge in [-0.3, -0.25) is 4.79 Å². The van der Waals surface area contributed by atoms with Crippen LogP contribution in [0, 0.1) is 6.92 Å². The molecular formula is C20H17F2N3O2S. The number of nitrogens with zero attached hydrogens (tertiary/aromatic N) is 2. The van der Waals surface area contributed by atoms with Crippen molar-refractivity contribution in [3.05, 3.63) is 66.4 Å². The summed E-state index contributed by atoms with van der Waals surface area (Å²) < 4.78 is 28.6. The van der Waals surface area contributed by atoms with Crippen LogP contribution in [0.15, 0.2) is 65.7 Å². The van der Waals surface area contributed by atoms with Crippen molar-refractivity contribution < 1.29 is 18.3 Å². The van der Waals surface area contributed by atoms with Gasteiger partial charge in [0, 0.05) is 16.9 Å². The second-order valence-electron chi connectivity index (χ2n) is 5.78. The zero-order chi connectivity index (χ0) is 19.9. The maximum absolute atomic E-state index is 12.2. The van der Waals surface area contributed by atoms with Crippen LogP contribution in [0.2, 0.25) is 0 Å². The number of rotatable bonds is 7. The van der Waals surface area contributed by atoms with Crippen molar-refractivity contribution in [2.24, 2.45) is 0 Å². The van der Waals surface area contributed by atoms with Gasteiger partial charge in [0.2, 0.25) is 5.91 Å². The van der Waals surface area contributed by atoms with Crippen molar-refractivity contribution in [2.75, 3.05) is 11.1 Å². The Morgan fingerprint density at radius 3 is 2.50 bits per heavy atom. The van der Waals surface area contributed by atoms with Crippen molar-refractivity contribution >= 4 is 23.4 Å². The van der Waals surface area contributed by atoms with Crippen LogP contribution in [-0.2, 0) is 4.79 Å². The molecular weight excluding hydrogens is 384 g/mol.